The van der Waals surface area contributed by atoms with Crippen LogP contribution in [0, 0.1) is 6.92 Å². The van der Waals surface area contributed by atoms with Crippen LogP contribution in [0.3, 0.4) is 0 Å². The first kappa shape index (κ1) is 17.8. The van der Waals surface area contributed by atoms with Crippen LogP contribution in [0.15, 0.2) is 59.8 Å². The molecular formula is C22H27N2S+. The Hall–Kier alpha value is -2.00. The molecule has 2 heterocycles. The lowest BCUT2D eigenvalue weighted by Crippen LogP contribution is -2.33. The SMILES string of the molecule is CCN1CCSC1=CC=CC=Cc1cc[n+](CC)c2c(C)cccc12. The molecule has 0 bridgehead atoms. The van der Waals surface area contributed by atoms with Crippen molar-refractivity contribution in [1.82, 2.24) is 4.90 Å². The fourth-order valence-electron chi connectivity index (χ4n) is 3.31. The number of nitrogens with zero attached hydrogens (tertiary/aromatic N) is 2. The minimum Gasteiger partial charge on any atom is -0.366 e. The lowest BCUT2D eigenvalue weighted by molar-refractivity contribution is -0.668. The number of fused-ring (bicyclic) bond motifs is 1. The normalized spacial score (nSPS) is 16.9. The topological polar surface area (TPSA) is 7.12 Å². The predicted octanol–water partition coefficient (Wildman–Crippen LogP) is 4.94. The number of rotatable bonds is 5. The molecule has 2 aromatic rings. The maximum Gasteiger partial charge on any atom is 0.216 e. The molecule has 25 heavy (non-hydrogen) atoms. The number of pyridine rings is 1. The molecule has 0 amide bonds. The van der Waals surface area contributed by atoms with Crippen LogP contribution in [0.1, 0.15) is 25.0 Å². The van der Waals surface area contributed by atoms with Crippen LogP contribution >= 0.6 is 11.8 Å². The van der Waals surface area contributed by atoms with E-state index in [2.05, 4.69) is 91.1 Å². The number of hydrogen-bond donors (Lipinski definition) is 0. The van der Waals surface area contributed by atoms with E-state index in [0.29, 0.717) is 0 Å². The van der Waals surface area contributed by atoms with Gasteiger partial charge in [-0.1, -0.05) is 36.4 Å². The van der Waals surface area contributed by atoms with Gasteiger partial charge in [0.15, 0.2) is 6.20 Å². The Bertz CT molecular complexity index is 833. The molecule has 1 aromatic heterocycles. The fourth-order valence-corrected chi connectivity index (χ4v) is 4.41. The van der Waals surface area contributed by atoms with E-state index >= 15 is 0 Å². The standard InChI is InChI=1S/C22H27N2S/c1-4-23-16-17-25-21(23)13-8-6-7-11-19-14-15-24(5-2)22-18(3)10-9-12-20(19)22/h6-15H,4-5,16-17H2,1-3H3/q+1. The number of benzene rings is 1. The second kappa shape index (κ2) is 8.39. The Labute approximate surface area is 155 Å². The van der Waals surface area contributed by atoms with Gasteiger partial charge in [-0.2, -0.15) is 4.57 Å². The highest BCUT2D eigenvalue weighted by Gasteiger charge is 2.14. The number of hydrogen-bond acceptors (Lipinski definition) is 2. The summed E-state index contributed by atoms with van der Waals surface area (Å²) in [6.45, 7) is 9.85. The summed E-state index contributed by atoms with van der Waals surface area (Å²) in [5.41, 5.74) is 3.93. The van der Waals surface area contributed by atoms with Crippen LogP contribution in [0.25, 0.3) is 17.0 Å². The summed E-state index contributed by atoms with van der Waals surface area (Å²) in [5.74, 6) is 1.20. The van der Waals surface area contributed by atoms with Crippen LogP contribution in [0.5, 0.6) is 0 Å². The lowest BCUT2D eigenvalue weighted by Gasteiger charge is -2.14. The van der Waals surface area contributed by atoms with E-state index in [1.54, 1.807) is 0 Å². The zero-order valence-electron chi connectivity index (χ0n) is 15.4. The van der Waals surface area contributed by atoms with Crippen molar-refractivity contribution in [3.63, 3.8) is 0 Å². The third-order valence-corrected chi connectivity index (χ3v) is 5.73. The molecule has 1 aliphatic rings. The molecule has 0 unspecified atom stereocenters. The summed E-state index contributed by atoms with van der Waals surface area (Å²) in [6.07, 6.45) is 13.0. The van der Waals surface area contributed by atoms with Crippen molar-refractivity contribution in [1.29, 1.82) is 0 Å². The molecule has 3 rings (SSSR count). The highest BCUT2D eigenvalue weighted by molar-refractivity contribution is 8.03. The summed E-state index contributed by atoms with van der Waals surface area (Å²) in [5, 5.41) is 2.70. The molecular weight excluding hydrogens is 324 g/mol. The van der Waals surface area contributed by atoms with Gasteiger partial charge in [-0.25, -0.2) is 0 Å². The zero-order valence-corrected chi connectivity index (χ0v) is 16.2. The summed E-state index contributed by atoms with van der Waals surface area (Å²) >= 11 is 1.95. The van der Waals surface area contributed by atoms with Gasteiger partial charge in [0.1, 0.15) is 6.54 Å². The van der Waals surface area contributed by atoms with E-state index in [0.717, 1.165) is 13.1 Å². The number of para-hydroxylation sites is 1. The van der Waals surface area contributed by atoms with Crippen molar-refractivity contribution >= 4 is 28.7 Å². The molecule has 0 spiro atoms. The monoisotopic (exact) mass is 351 g/mol. The van der Waals surface area contributed by atoms with Crippen molar-refractivity contribution in [3.8, 4) is 0 Å². The van der Waals surface area contributed by atoms with E-state index in [1.807, 2.05) is 11.8 Å². The van der Waals surface area contributed by atoms with Crippen molar-refractivity contribution in [3.05, 3.63) is 70.9 Å². The van der Waals surface area contributed by atoms with Gasteiger partial charge in [0, 0.05) is 30.5 Å². The van der Waals surface area contributed by atoms with E-state index in [1.165, 1.54) is 39.4 Å². The smallest absolute Gasteiger partial charge is 0.216 e. The Morgan fingerprint density at radius 1 is 1.16 bits per heavy atom. The van der Waals surface area contributed by atoms with Crippen LogP contribution in [0.2, 0.25) is 0 Å². The minimum absolute atomic E-state index is 0.990. The van der Waals surface area contributed by atoms with Crippen LogP contribution in [-0.4, -0.2) is 23.7 Å². The number of allylic oxidation sites excluding steroid dienone is 4. The molecule has 1 fully saturated rings. The van der Waals surface area contributed by atoms with Crippen molar-refractivity contribution in [2.24, 2.45) is 0 Å². The van der Waals surface area contributed by atoms with Crippen molar-refractivity contribution in [2.45, 2.75) is 27.3 Å². The van der Waals surface area contributed by atoms with Gasteiger partial charge < -0.3 is 4.90 Å². The minimum atomic E-state index is 0.990. The molecule has 0 N–H and O–H groups in total. The Balaban J connectivity index is 1.81. The Morgan fingerprint density at radius 3 is 2.84 bits per heavy atom. The second-order valence-corrected chi connectivity index (χ2v) is 7.32. The number of aryl methyl sites for hydroxylation is 2. The average Bonchev–Trinajstić information content (AvgIpc) is 3.09. The molecule has 1 aliphatic heterocycles. The summed E-state index contributed by atoms with van der Waals surface area (Å²) in [7, 11) is 0. The molecule has 0 aliphatic carbocycles. The van der Waals surface area contributed by atoms with Gasteiger partial charge in [0.05, 0.1) is 10.4 Å². The van der Waals surface area contributed by atoms with Crippen molar-refractivity contribution in [2.75, 3.05) is 18.8 Å². The number of thioether (sulfide) groups is 1. The first-order valence-corrected chi connectivity index (χ1v) is 10.1. The fraction of sp³-hybridized carbons (Fsp3) is 0.318. The van der Waals surface area contributed by atoms with Gasteiger partial charge in [0.25, 0.3) is 0 Å². The third kappa shape index (κ3) is 3.98. The first-order valence-electron chi connectivity index (χ1n) is 9.09. The molecule has 0 atom stereocenters. The van der Waals surface area contributed by atoms with E-state index in [9.17, 15) is 0 Å². The molecule has 0 radical (unpaired) electrons. The van der Waals surface area contributed by atoms with Crippen LogP contribution in [-0.2, 0) is 6.54 Å². The summed E-state index contributed by atoms with van der Waals surface area (Å²) in [4.78, 5) is 2.43. The third-order valence-electron chi connectivity index (χ3n) is 4.65. The molecule has 3 heteroatoms. The molecule has 130 valence electrons. The quantitative estimate of drug-likeness (QED) is 0.557. The first-order chi connectivity index (χ1) is 12.2. The van der Waals surface area contributed by atoms with Gasteiger partial charge in [0.2, 0.25) is 5.52 Å². The van der Waals surface area contributed by atoms with Gasteiger partial charge in [-0.05, 0) is 38.5 Å². The summed E-state index contributed by atoms with van der Waals surface area (Å²) in [6, 6.07) is 8.76. The van der Waals surface area contributed by atoms with Gasteiger partial charge in [-0.3, -0.25) is 0 Å². The predicted molar refractivity (Wildman–Crippen MR) is 111 cm³/mol. The lowest BCUT2D eigenvalue weighted by atomic mass is 10.0. The highest BCUT2D eigenvalue weighted by Crippen LogP contribution is 2.27. The molecule has 1 saturated heterocycles. The zero-order chi connectivity index (χ0) is 17.6. The Morgan fingerprint density at radius 2 is 2.04 bits per heavy atom. The largest absolute Gasteiger partial charge is 0.366 e. The van der Waals surface area contributed by atoms with E-state index in [4.69, 9.17) is 0 Å². The van der Waals surface area contributed by atoms with Crippen LogP contribution in [0.4, 0.5) is 0 Å². The highest BCUT2D eigenvalue weighted by atomic mass is 32.2. The van der Waals surface area contributed by atoms with E-state index < -0.39 is 0 Å². The van der Waals surface area contributed by atoms with Crippen LogP contribution < -0.4 is 4.57 Å². The Kier molecular flexibility index (Phi) is 5.98. The number of aromatic nitrogens is 1. The molecule has 0 saturated carbocycles. The second-order valence-electron chi connectivity index (χ2n) is 6.21. The summed E-state index contributed by atoms with van der Waals surface area (Å²) < 4.78 is 2.32. The maximum atomic E-state index is 2.43. The van der Waals surface area contributed by atoms with Crippen molar-refractivity contribution < 1.29 is 4.57 Å². The van der Waals surface area contributed by atoms with Gasteiger partial charge >= 0.3 is 0 Å². The van der Waals surface area contributed by atoms with Gasteiger partial charge in [-0.15, -0.1) is 11.8 Å². The van der Waals surface area contributed by atoms with E-state index in [-0.39, 0.29) is 0 Å². The molecule has 1 aromatic carbocycles. The average molecular weight is 352 g/mol. The molecule has 2 nitrogen and oxygen atoms in total. The maximum absolute atomic E-state index is 2.43.